The van der Waals surface area contributed by atoms with Crippen LogP contribution in [0.15, 0.2) is 47.4 Å². The van der Waals surface area contributed by atoms with Gasteiger partial charge in [0.05, 0.1) is 6.04 Å². The maximum absolute atomic E-state index is 12.0. The number of carbonyl (C=O) groups is 1. The summed E-state index contributed by atoms with van der Waals surface area (Å²) in [4.78, 5) is 25.6. The van der Waals surface area contributed by atoms with Gasteiger partial charge in [-0.05, 0) is 25.5 Å². The monoisotopic (exact) mass is 256 g/mol. The van der Waals surface area contributed by atoms with Crippen LogP contribution in [0.1, 0.15) is 34.5 Å². The van der Waals surface area contributed by atoms with E-state index in [9.17, 15) is 9.59 Å². The molecule has 0 aliphatic heterocycles. The van der Waals surface area contributed by atoms with Gasteiger partial charge in [-0.25, -0.2) is 0 Å². The zero-order valence-corrected chi connectivity index (χ0v) is 10.9. The molecule has 1 aromatic heterocycles. The summed E-state index contributed by atoms with van der Waals surface area (Å²) in [5, 5.41) is 2.87. The van der Waals surface area contributed by atoms with E-state index in [0.29, 0.717) is 5.56 Å². The van der Waals surface area contributed by atoms with E-state index in [1.807, 2.05) is 38.1 Å². The summed E-state index contributed by atoms with van der Waals surface area (Å²) >= 11 is 0. The molecule has 4 heteroatoms. The van der Waals surface area contributed by atoms with Crippen LogP contribution in [0.5, 0.6) is 0 Å². The zero-order chi connectivity index (χ0) is 13.8. The van der Waals surface area contributed by atoms with E-state index in [1.165, 1.54) is 17.8 Å². The summed E-state index contributed by atoms with van der Waals surface area (Å²) in [6, 6.07) is 10.7. The molecule has 0 aliphatic carbocycles. The van der Waals surface area contributed by atoms with Gasteiger partial charge in [-0.3, -0.25) is 9.59 Å². The van der Waals surface area contributed by atoms with E-state index in [4.69, 9.17) is 0 Å². The Morgan fingerprint density at radius 3 is 2.53 bits per heavy atom. The summed E-state index contributed by atoms with van der Waals surface area (Å²) < 4.78 is 0. The number of amides is 1. The first-order chi connectivity index (χ1) is 9.06. The molecule has 1 aromatic carbocycles. The van der Waals surface area contributed by atoms with Crippen LogP contribution < -0.4 is 10.9 Å². The van der Waals surface area contributed by atoms with Crippen molar-refractivity contribution >= 4 is 5.91 Å². The second-order valence-electron chi connectivity index (χ2n) is 4.55. The van der Waals surface area contributed by atoms with Crippen LogP contribution in [0.25, 0.3) is 0 Å². The van der Waals surface area contributed by atoms with Crippen LogP contribution in [0.3, 0.4) is 0 Å². The summed E-state index contributed by atoms with van der Waals surface area (Å²) in [6.45, 7) is 3.93. The van der Waals surface area contributed by atoms with E-state index >= 15 is 0 Å². The molecular weight excluding hydrogens is 240 g/mol. The zero-order valence-electron chi connectivity index (χ0n) is 10.9. The highest BCUT2D eigenvalue weighted by atomic mass is 16.2. The molecule has 19 heavy (non-hydrogen) atoms. The van der Waals surface area contributed by atoms with Gasteiger partial charge in [0.2, 0.25) is 5.56 Å². The molecule has 2 rings (SSSR count). The molecule has 98 valence electrons. The molecule has 2 aromatic rings. The number of aromatic nitrogens is 1. The van der Waals surface area contributed by atoms with Crippen molar-refractivity contribution in [2.45, 2.75) is 19.9 Å². The van der Waals surface area contributed by atoms with Crippen LogP contribution in [0, 0.1) is 6.92 Å². The van der Waals surface area contributed by atoms with Gasteiger partial charge in [0.15, 0.2) is 0 Å². The van der Waals surface area contributed by atoms with Gasteiger partial charge in [-0.15, -0.1) is 0 Å². The molecular formula is C15H16N2O2. The van der Waals surface area contributed by atoms with Gasteiger partial charge in [0.25, 0.3) is 5.91 Å². The van der Waals surface area contributed by atoms with Gasteiger partial charge in [-0.1, -0.05) is 29.8 Å². The van der Waals surface area contributed by atoms with E-state index in [1.54, 1.807) is 6.07 Å². The quantitative estimate of drug-likeness (QED) is 0.884. The number of hydrogen-bond acceptors (Lipinski definition) is 2. The Hall–Kier alpha value is -2.36. The number of nitrogens with one attached hydrogen (secondary N) is 2. The van der Waals surface area contributed by atoms with Crippen LogP contribution >= 0.6 is 0 Å². The lowest BCUT2D eigenvalue weighted by atomic mass is 10.1. The Morgan fingerprint density at radius 1 is 1.21 bits per heavy atom. The fourth-order valence-corrected chi connectivity index (χ4v) is 1.80. The van der Waals surface area contributed by atoms with Crippen LogP contribution in [0.2, 0.25) is 0 Å². The van der Waals surface area contributed by atoms with E-state index in [-0.39, 0.29) is 17.5 Å². The predicted molar refractivity (Wildman–Crippen MR) is 74.1 cm³/mol. The molecule has 0 saturated heterocycles. The van der Waals surface area contributed by atoms with Gasteiger partial charge < -0.3 is 10.3 Å². The third-order valence-electron chi connectivity index (χ3n) is 2.96. The topological polar surface area (TPSA) is 62.0 Å². The third kappa shape index (κ3) is 3.31. The Balaban J connectivity index is 2.10. The molecule has 0 bridgehead atoms. The minimum absolute atomic E-state index is 0.104. The molecule has 0 aliphatic rings. The maximum atomic E-state index is 12.0. The number of rotatable bonds is 3. The van der Waals surface area contributed by atoms with Crippen LogP contribution in [0.4, 0.5) is 0 Å². The number of aromatic amines is 1. The summed E-state index contributed by atoms with van der Waals surface area (Å²) in [5.41, 5.74) is 2.29. The number of aryl methyl sites for hydroxylation is 1. The highest BCUT2D eigenvalue weighted by molar-refractivity contribution is 5.94. The van der Waals surface area contributed by atoms with Crippen molar-refractivity contribution in [2.24, 2.45) is 0 Å². The Morgan fingerprint density at radius 2 is 1.89 bits per heavy atom. The lowest BCUT2D eigenvalue weighted by Gasteiger charge is -2.14. The average Bonchev–Trinajstić information content (AvgIpc) is 2.39. The maximum Gasteiger partial charge on any atom is 0.252 e. The molecule has 1 unspecified atom stereocenters. The Labute approximate surface area is 111 Å². The minimum atomic E-state index is -0.282. The van der Waals surface area contributed by atoms with Crippen LogP contribution in [-0.2, 0) is 0 Å². The second kappa shape index (κ2) is 5.52. The third-order valence-corrected chi connectivity index (χ3v) is 2.96. The Kier molecular flexibility index (Phi) is 3.80. The lowest BCUT2D eigenvalue weighted by molar-refractivity contribution is 0.0939. The van der Waals surface area contributed by atoms with Crippen molar-refractivity contribution in [2.75, 3.05) is 0 Å². The van der Waals surface area contributed by atoms with Crippen LogP contribution in [-0.4, -0.2) is 10.9 Å². The van der Waals surface area contributed by atoms with Gasteiger partial charge in [0.1, 0.15) is 0 Å². The highest BCUT2D eigenvalue weighted by Gasteiger charge is 2.11. The number of H-pyrrole nitrogens is 1. The molecule has 0 fully saturated rings. The number of benzene rings is 1. The second-order valence-corrected chi connectivity index (χ2v) is 4.55. The summed E-state index contributed by atoms with van der Waals surface area (Å²) in [6.07, 6.45) is 1.47. The van der Waals surface area contributed by atoms with E-state index in [2.05, 4.69) is 10.3 Å². The summed E-state index contributed by atoms with van der Waals surface area (Å²) in [7, 11) is 0. The molecule has 1 heterocycles. The summed E-state index contributed by atoms with van der Waals surface area (Å²) in [5.74, 6) is -0.251. The first kappa shape index (κ1) is 13.1. The first-order valence-electron chi connectivity index (χ1n) is 6.12. The minimum Gasteiger partial charge on any atom is -0.346 e. The van der Waals surface area contributed by atoms with E-state index < -0.39 is 0 Å². The van der Waals surface area contributed by atoms with Crippen molar-refractivity contribution in [1.29, 1.82) is 0 Å². The molecule has 0 spiro atoms. The highest BCUT2D eigenvalue weighted by Crippen LogP contribution is 2.13. The SMILES string of the molecule is Cc1ccc(C(C)NC(=O)c2cc[nH]c(=O)c2)cc1. The van der Waals surface area contributed by atoms with Crippen molar-refractivity contribution in [3.05, 3.63) is 69.6 Å². The molecule has 0 radical (unpaired) electrons. The standard InChI is InChI=1S/C15H16N2O2/c1-10-3-5-12(6-4-10)11(2)17-15(19)13-7-8-16-14(18)9-13/h3-9,11H,1-2H3,(H,16,18)(H,17,19). The number of pyridine rings is 1. The van der Waals surface area contributed by atoms with Gasteiger partial charge in [0, 0.05) is 17.8 Å². The smallest absolute Gasteiger partial charge is 0.252 e. The van der Waals surface area contributed by atoms with Crippen molar-refractivity contribution in [3.63, 3.8) is 0 Å². The Bertz CT molecular complexity index is 629. The molecule has 0 saturated carbocycles. The van der Waals surface area contributed by atoms with E-state index in [0.717, 1.165) is 5.56 Å². The lowest BCUT2D eigenvalue weighted by Crippen LogP contribution is -2.27. The molecule has 1 atom stereocenters. The molecule has 4 nitrogen and oxygen atoms in total. The first-order valence-corrected chi connectivity index (χ1v) is 6.12. The average molecular weight is 256 g/mol. The van der Waals surface area contributed by atoms with Crippen molar-refractivity contribution < 1.29 is 4.79 Å². The molecule has 2 N–H and O–H groups in total. The number of hydrogen-bond donors (Lipinski definition) is 2. The van der Waals surface area contributed by atoms with Crippen molar-refractivity contribution in [3.8, 4) is 0 Å². The van der Waals surface area contributed by atoms with Gasteiger partial charge in [-0.2, -0.15) is 0 Å². The van der Waals surface area contributed by atoms with Crippen molar-refractivity contribution in [1.82, 2.24) is 10.3 Å². The predicted octanol–water partition coefficient (Wildman–Crippen LogP) is 2.17. The normalized spacial score (nSPS) is 11.9. The fraction of sp³-hybridized carbons (Fsp3) is 0.200. The fourth-order valence-electron chi connectivity index (χ4n) is 1.80. The largest absolute Gasteiger partial charge is 0.346 e. The number of carbonyl (C=O) groups excluding carboxylic acids is 1. The van der Waals surface area contributed by atoms with Gasteiger partial charge >= 0.3 is 0 Å². The molecule has 1 amide bonds.